The molecule has 0 aromatic carbocycles. The summed E-state index contributed by atoms with van der Waals surface area (Å²) in [5.41, 5.74) is 0.415. The lowest BCUT2D eigenvalue weighted by Crippen LogP contribution is -2.05. The van der Waals surface area contributed by atoms with E-state index >= 15 is 0 Å². The van der Waals surface area contributed by atoms with E-state index in [9.17, 15) is 18.0 Å². The molecule has 1 aliphatic carbocycles. The third-order valence-electron chi connectivity index (χ3n) is 2.43. The zero-order valence-electron chi connectivity index (χ0n) is 7.67. The Bertz CT molecular complexity index is 385. The molecule has 0 saturated heterocycles. The number of halogens is 3. The molecule has 6 heteroatoms. The summed E-state index contributed by atoms with van der Waals surface area (Å²) in [6.45, 7) is 0. The minimum absolute atomic E-state index is 0.107. The summed E-state index contributed by atoms with van der Waals surface area (Å²) in [7, 11) is 0. The molecular weight excluding hydrogens is 227 g/mol. The van der Waals surface area contributed by atoms with E-state index in [0.29, 0.717) is 36.3 Å². The van der Waals surface area contributed by atoms with Crippen molar-refractivity contribution >= 4 is 17.1 Å². The molecule has 0 amide bonds. The van der Waals surface area contributed by atoms with Gasteiger partial charge >= 0.3 is 6.18 Å². The molecule has 1 atom stereocenters. The average molecular weight is 235 g/mol. The van der Waals surface area contributed by atoms with Crippen LogP contribution in [0.25, 0.3) is 0 Å². The zero-order valence-corrected chi connectivity index (χ0v) is 8.49. The Balaban J connectivity index is 2.17. The molecule has 1 fully saturated rings. The number of carbonyl (C=O) groups is 1. The third kappa shape index (κ3) is 2.19. The van der Waals surface area contributed by atoms with Crippen molar-refractivity contribution in [2.24, 2.45) is 0 Å². The molecule has 0 bridgehead atoms. The van der Waals surface area contributed by atoms with Gasteiger partial charge in [-0.3, -0.25) is 4.79 Å². The normalized spacial score (nSPS) is 22.3. The van der Waals surface area contributed by atoms with E-state index in [0.717, 1.165) is 0 Å². The Morgan fingerprint density at radius 2 is 2.20 bits per heavy atom. The molecule has 82 valence electrons. The van der Waals surface area contributed by atoms with Crippen LogP contribution in [-0.2, 0) is 11.0 Å². The average Bonchev–Trinajstić information content (AvgIpc) is 2.69. The molecule has 0 N–H and O–H groups in total. The topological polar surface area (TPSA) is 30.0 Å². The highest BCUT2D eigenvalue weighted by molar-refractivity contribution is 7.09. The van der Waals surface area contributed by atoms with Crippen molar-refractivity contribution in [3.8, 4) is 0 Å². The van der Waals surface area contributed by atoms with Crippen LogP contribution < -0.4 is 0 Å². The van der Waals surface area contributed by atoms with E-state index in [4.69, 9.17) is 0 Å². The van der Waals surface area contributed by atoms with Crippen LogP contribution in [-0.4, -0.2) is 10.8 Å². The van der Waals surface area contributed by atoms with Crippen molar-refractivity contribution in [3.63, 3.8) is 0 Å². The van der Waals surface area contributed by atoms with Crippen LogP contribution >= 0.6 is 11.3 Å². The van der Waals surface area contributed by atoms with Gasteiger partial charge in [0, 0.05) is 24.1 Å². The first-order valence-electron chi connectivity index (χ1n) is 4.51. The lowest BCUT2D eigenvalue weighted by Gasteiger charge is -2.03. The molecule has 1 aromatic rings. The van der Waals surface area contributed by atoms with Crippen LogP contribution in [0.4, 0.5) is 13.2 Å². The summed E-state index contributed by atoms with van der Waals surface area (Å²) in [4.78, 5) is 14.5. The second kappa shape index (κ2) is 3.59. The maximum atomic E-state index is 12.2. The molecule has 0 radical (unpaired) electrons. The lowest BCUT2D eigenvalue weighted by molar-refractivity contribution is -0.137. The molecule has 1 unspecified atom stereocenters. The quantitative estimate of drug-likeness (QED) is 0.749. The molecule has 15 heavy (non-hydrogen) atoms. The summed E-state index contributed by atoms with van der Waals surface area (Å²) in [6.07, 6.45) is -2.95. The summed E-state index contributed by atoms with van der Waals surface area (Å²) in [5, 5.41) is 0.586. The molecule has 2 rings (SSSR count). The predicted octanol–water partition coefficient (Wildman–Crippen LogP) is 3.00. The Hall–Kier alpha value is -0.910. The second-order valence-corrected chi connectivity index (χ2v) is 4.41. The number of alkyl halides is 3. The first-order chi connectivity index (χ1) is 6.97. The first-order valence-corrected chi connectivity index (χ1v) is 5.39. The van der Waals surface area contributed by atoms with Crippen LogP contribution in [0, 0.1) is 0 Å². The van der Waals surface area contributed by atoms with Crippen molar-refractivity contribution in [1.82, 2.24) is 4.98 Å². The first kappa shape index (κ1) is 10.6. The Kier molecular flexibility index (Phi) is 2.54. The van der Waals surface area contributed by atoms with E-state index in [-0.39, 0.29) is 11.7 Å². The van der Waals surface area contributed by atoms with Crippen molar-refractivity contribution in [2.75, 3.05) is 0 Å². The van der Waals surface area contributed by atoms with E-state index in [1.807, 2.05) is 0 Å². The number of hydrogen-bond acceptors (Lipinski definition) is 3. The number of carbonyl (C=O) groups excluding carboxylic acids is 1. The largest absolute Gasteiger partial charge is 0.443 e. The Labute approximate surface area is 88.1 Å². The van der Waals surface area contributed by atoms with Gasteiger partial charge in [-0.2, -0.15) is 13.2 Å². The van der Waals surface area contributed by atoms with E-state index in [1.54, 1.807) is 0 Å². The van der Waals surface area contributed by atoms with Gasteiger partial charge in [0.15, 0.2) is 5.01 Å². The van der Waals surface area contributed by atoms with E-state index in [1.165, 1.54) is 5.38 Å². The van der Waals surface area contributed by atoms with Crippen molar-refractivity contribution < 1.29 is 18.0 Å². The highest BCUT2D eigenvalue weighted by atomic mass is 32.1. The fourth-order valence-corrected chi connectivity index (χ4v) is 2.44. The highest BCUT2D eigenvalue weighted by Gasteiger charge is 2.36. The Morgan fingerprint density at radius 1 is 1.47 bits per heavy atom. The molecule has 1 aromatic heterocycles. The molecule has 0 aliphatic heterocycles. The van der Waals surface area contributed by atoms with Crippen molar-refractivity contribution in [2.45, 2.75) is 31.4 Å². The van der Waals surface area contributed by atoms with Crippen LogP contribution in [0.15, 0.2) is 5.38 Å². The van der Waals surface area contributed by atoms with Gasteiger partial charge in [-0.25, -0.2) is 4.98 Å². The van der Waals surface area contributed by atoms with Gasteiger partial charge in [-0.05, 0) is 6.42 Å². The van der Waals surface area contributed by atoms with Gasteiger partial charge in [-0.15, -0.1) is 11.3 Å². The van der Waals surface area contributed by atoms with E-state index < -0.39 is 11.2 Å². The minimum Gasteiger partial charge on any atom is -0.300 e. The van der Waals surface area contributed by atoms with Gasteiger partial charge < -0.3 is 0 Å². The molecular formula is C9H8F3NOS. The number of aromatic nitrogens is 1. The second-order valence-electron chi connectivity index (χ2n) is 3.55. The fourth-order valence-electron chi connectivity index (χ4n) is 1.67. The van der Waals surface area contributed by atoms with Crippen LogP contribution in [0.2, 0.25) is 0 Å². The maximum Gasteiger partial charge on any atom is 0.443 e. The molecule has 0 spiro atoms. The Morgan fingerprint density at radius 3 is 2.67 bits per heavy atom. The maximum absolute atomic E-state index is 12.2. The monoisotopic (exact) mass is 235 g/mol. The SMILES string of the molecule is O=C1CCC(c2csc(C(F)(F)F)n2)C1. The summed E-state index contributed by atoms with van der Waals surface area (Å²) in [5.74, 6) is 0.00593. The number of nitrogens with zero attached hydrogens (tertiary/aromatic N) is 1. The molecule has 1 heterocycles. The number of hydrogen-bond donors (Lipinski definition) is 0. The van der Waals surface area contributed by atoms with Crippen LogP contribution in [0.3, 0.4) is 0 Å². The predicted molar refractivity (Wildman–Crippen MR) is 48.7 cm³/mol. The number of ketones is 1. The van der Waals surface area contributed by atoms with E-state index in [2.05, 4.69) is 4.98 Å². The van der Waals surface area contributed by atoms with Gasteiger partial charge in [0.25, 0.3) is 0 Å². The van der Waals surface area contributed by atoms with Crippen LogP contribution in [0.1, 0.15) is 35.9 Å². The standard InChI is InChI=1S/C9H8F3NOS/c10-9(11,12)8-13-7(4-15-8)5-1-2-6(14)3-5/h4-5H,1-3H2. The number of rotatable bonds is 1. The third-order valence-corrected chi connectivity index (χ3v) is 3.33. The lowest BCUT2D eigenvalue weighted by atomic mass is 10.1. The van der Waals surface area contributed by atoms with Crippen LogP contribution in [0.5, 0.6) is 0 Å². The molecule has 1 saturated carbocycles. The van der Waals surface area contributed by atoms with Gasteiger partial charge in [0.1, 0.15) is 5.78 Å². The summed E-state index contributed by atoms with van der Waals surface area (Å²) >= 11 is 0.597. The summed E-state index contributed by atoms with van der Waals surface area (Å²) < 4.78 is 36.7. The smallest absolute Gasteiger partial charge is 0.300 e. The number of Topliss-reactive ketones (excluding diaryl/α,β-unsaturated/α-hetero) is 1. The van der Waals surface area contributed by atoms with Gasteiger partial charge in [0.05, 0.1) is 5.69 Å². The van der Waals surface area contributed by atoms with Crippen molar-refractivity contribution in [1.29, 1.82) is 0 Å². The minimum atomic E-state index is -4.37. The summed E-state index contributed by atoms with van der Waals surface area (Å²) in [6, 6.07) is 0. The fraction of sp³-hybridized carbons (Fsp3) is 0.556. The molecule has 2 nitrogen and oxygen atoms in total. The van der Waals surface area contributed by atoms with Gasteiger partial charge in [-0.1, -0.05) is 0 Å². The number of thiazole rings is 1. The highest BCUT2D eigenvalue weighted by Crippen LogP contribution is 2.37. The van der Waals surface area contributed by atoms with Crippen molar-refractivity contribution in [3.05, 3.63) is 16.1 Å². The zero-order chi connectivity index (χ0) is 11.1. The molecule has 1 aliphatic rings. The van der Waals surface area contributed by atoms with Gasteiger partial charge in [0.2, 0.25) is 0 Å².